The summed E-state index contributed by atoms with van der Waals surface area (Å²) >= 11 is 0. The van der Waals surface area contributed by atoms with Crippen molar-refractivity contribution in [1.29, 1.82) is 0 Å². The van der Waals surface area contributed by atoms with Crippen LogP contribution in [0.15, 0.2) is 41.2 Å². The summed E-state index contributed by atoms with van der Waals surface area (Å²) in [5.74, 6) is 0. The molecule has 0 spiro atoms. The van der Waals surface area contributed by atoms with E-state index in [9.17, 15) is 4.79 Å². The lowest BCUT2D eigenvalue weighted by Crippen LogP contribution is -2.32. The molecule has 0 atom stereocenters. The maximum Gasteiger partial charge on any atom is 0.274 e. The van der Waals surface area contributed by atoms with Crippen LogP contribution in [0.2, 0.25) is 0 Å². The molecule has 0 saturated carbocycles. The summed E-state index contributed by atoms with van der Waals surface area (Å²) in [5.41, 5.74) is 3.90. The lowest BCUT2D eigenvalue weighted by atomic mass is 10.1. The lowest BCUT2D eigenvalue weighted by Gasteiger charge is -2.32. The van der Waals surface area contributed by atoms with Crippen LogP contribution < -0.4 is 5.56 Å². The van der Waals surface area contributed by atoms with Crippen LogP contribution in [0.3, 0.4) is 0 Å². The van der Waals surface area contributed by atoms with Crippen molar-refractivity contribution in [3.63, 3.8) is 0 Å². The van der Waals surface area contributed by atoms with Gasteiger partial charge in [-0.2, -0.15) is 9.61 Å². The third-order valence-corrected chi connectivity index (χ3v) is 3.70. The smallest absolute Gasteiger partial charge is 0.274 e. The normalized spacial score (nSPS) is 21.0. The molecule has 3 aromatic rings. The first-order valence-corrected chi connectivity index (χ1v) is 7.11. The SMILES string of the molecule is Cc1ccc(-c2cc(=O)n3nc(C4OC(C)O4)cc3[nH]2)cc1. The Kier molecular flexibility index (Phi) is 2.88. The Labute approximate surface area is 126 Å². The Bertz CT molecular complexity index is 889. The second-order valence-electron chi connectivity index (χ2n) is 5.43. The predicted octanol–water partition coefficient (Wildman–Crippen LogP) is 2.39. The van der Waals surface area contributed by atoms with E-state index in [1.54, 1.807) is 12.1 Å². The number of aryl methyl sites for hydroxylation is 1. The third-order valence-electron chi connectivity index (χ3n) is 3.70. The van der Waals surface area contributed by atoms with Gasteiger partial charge < -0.3 is 14.5 Å². The summed E-state index contributed by atoms with van der Waals surface area (Å²) in [4.78, 5) is 15.5. The second-order valence-corrected chi connectivity index (χ2v) is 5.43. The summed E-state index contributed by atoms with van der Waals surface area (Å²) in [6.45, 7) is 3.84. The van der Waals surface area contributed by atoms with E-state index in [2.05, 4.69) is 10.1 Å². The number of hydrogen-bond acceptors (Lipinski definition) is 4. The zero-order valence-electron chi connectivity index (χ0n) is 12.2. The van der Waals surface area contributed by atoms with E-state index in [4.69, 9.17) is 9.47 Å². The van der Waals surface area contributed by atoms with Crippen molar-refractivity contribution in [2.24, 2.45) is 0 Å². The van der Waals surface area contributed by atoms with Gasteiger partial charge in [0.2, 0.25) is 6.29 Å². The predicted molar refractivity (Wildman–Crippen MR) is 80.4 cm³/mol. The van der Waals surface area contributed by atoms with Crippen LogP contribution in [0.1, 0.15) is 24.5 Å². The molecule has 1 N–H and O–H groups in total. The maximum atomic E-state index is 12.2. The van der Waals surface area contributed by atoms with Gasteiger partial charge in [-0.05, 0) is 19.4 Å². The number of ether oxygens (including phenoxy) is 2. The Hall–Kier alpha value is -2.44. The molecule has 1 aliphatic heterocycles. The molecule has 112 valence electrons. The molecule has 2 aromatic heterocycles. The Morgan fingerprint density at radius 1 is 1.18 bits per heavy atom. The van der Waals surface area contributed by atoms with Gasteiger partial charge in [0.05, 0.1) is 5.69 Å². The van der Waals surface area contributed by atoms with Crippen molar-refractivity contribution in [2.45, 2.75) is 26.4 Å². The molecule has 22 heavy (non-hydrogen) atoms. The highest BCUT2D eigenvalue weighted by Crippen LogP contribution is 2.30. The Balaban J connectivity index is 1.79. The molecule has 0 radical (unpaired) electrons. The van der Waals surface area contributed by atoms with E-state index >= 15 is 0 Å². The monoisotopic (exact) mass is 297 g/mol. The van der Waals surface area contributed by atoms with Gasteiger partial charge in [-0.15, -0.1) is 0 Å². The van der Waals surface area contributed by atoms with E-state index in [1.165, 1.54) is 10.1 Å². The number of fused-ring (bicyclic) bond motifs is 1. The summed E-state index contributed by atoms with van der Waals surface area (Å²) in [7, 11) is 0. The van der Waals surface area contributed by atoms with Crippen LogP contribution in [-0.4, -0.2) is 20.9 Å². The van der Waals surface area contributed by atoms with Gasteiger partial charge in [0.25, 0.3) is 5.56 Å². The standard InChI is InChI=1S/C16H15N3O3/c1-9-3-5-11(6-4-9)12-8-15(20)19-14(17-12)7-13(18-19)16-21-10(2)22-16/h3-8,10,16-17H,1-2H3. The minimum atomic E-state index is -0.495. The first-order valence-electron chi connectivity index (χ1n) is 7.11. The van der Waals surface area contributed by atoms with Gasteiger partial charge in [0.15, 0.2) is 6.29 Å². The maximum absolute atomic E-state index is 12.2. The fourth-order valence-electron chi connectivity index (χ4n) is 2.52. The fraction of sp³-hybridized carbons (Fsp3) is 0.250. The fourth-order valence-corrected chi connectivity index (χ4v) is 2.52. The minimum Gasteiger partial charge on any atom is -0.339 e. The summed E-state index contributed by atoms with van der Waals surface area (Å²) in [6, 6.07) is 11.3. The molecular formula is C16H15N3O3. The van der Waals surface area contributed by atoms with Crippen molar-refractivity contribution >= 4 is 5.65 Å². The highest BCUT2D eigenvalue weighted by molar-refractivity contribution is 5.61. The third kappa shape index (κ3) is 2.13. The van der Waals surface area contributed by atoms with Crippen molar-refractivity contribution in [3.8, 4) is 11.3 Å². The van der Waals surface area contributed by atoms with Crippen LogP contribution in [0.25, 0.3) is 16.9 Å². The number of rotatable bonds is 2. The van der Waals surface area contributed by atoms with Crippen LogP contribution in [0.5, 0.6) is 0 Å². The van der Waals surface area contributed by atoms with Gasteiger partial charge >= 0.3 is 0 Å². The van der Waals surface area contributed by atoms with Gasteiger partial charge in [-0.3, -0.25) is 4.79 Å². The molecule has 0 bridgehead atoms. The quantitative estimate of drug-likeness (QED) is 0.788. The number of hydrogen-bond donors (Lipinski definition) is 1. The first-order chi connectivity index (χ1) is 10.6. The zero-order chi connectivity index (χ0) is 15.3. The molecular weight excluding hydrogens is 282 g/mol. The van der Waals surface area contributed by atoms with E-state index in [0.717, 1.165) is 11.3 Å². The number of nitrogens with one attached hydrogen (secondary N) is 1. The molecule has 0 amide bonds. The van der Waals surface area contributed by atoms with Crippen molar-refractivity contribution < 1.29 is 9.47 Å². The van der Waals surface area contributed by atoms with E-state index in [0.29, 0.717) is 11.3 Å². The average molecular weight is 297 g/mol. The van der Waals surface area contributed by atoms with Crippen LogP contribution in [0, 0.1) is 6.92 Å². The minimum absolute atomic E-state index is 0.192. The van der Waals surface area contributed by atoms with Gasteiger partial charge in [-0.25, -0.2) is 0 Å². The summed E-state index contributed by atoms with van der Waals surface area (Å²) in [6.07, 6.45) is -0.723. The number of H-pyrrole nitrogens is 1. The molecule has 1 fully saturated rings. The van der Waals surface area contributed by atoms with Crippen LogP contribution >= 0.6 is 0 Å². The van der Waals surface area contributed by atoms with Crippen molar-refractivity contribution in [1.82, 2.24) is 14.6 Å². The van der Waals surface area contributed by atoms with E-state index in [-0.39, 0.29) is 11.8 Å². The molecule has 1 saturated heterocycles. The largest absolute Gasteiger partial charge is 0.339 e. The zero-order valence-corrected chi connectivity index (χ0v) is 12.2. The summed E-state index contributed by atoms with van der Waals surface area (Å²) < 4.78 is 12.1. The highest BCUT2D eigenvalue weighted by Gasteiger charge is 2.31. The molecule has 6 nitrogen and oxygen atoms in total. The molecule has 1 aromatic carbocycles. The number of aromatic nitrogens is 3. The highest BCUT2D eigenvalue weighted by atomic mass is 16.9. The van der Waals surface area contributed by atoms with E-state index in [1.807, 2.05) is 38.1 Å². The van der Waals surface area contributed by atoms with Gasteiger partial charge in [-0.1, -0.05) is 29.8 Å². The number of nitrogens with zero attached hydrogens (tertiary/aromatic N) is 2. The van der Waals surface area contributed by atoms with Gasteiger partial charge in [0, 0.05) is 12.1 Å². The van der Waals surface area contributed by atoms with Gasteiger partial charge in [0.1, 0.15) is 11.3 Å². The Morgan fingerprint density at radius 3 is 2.59 bits per heavy atom. The number of benzene rings is 1. The molecule has 0 aliphatic carbocycles. The average Bonchev–Trinajstić information content (AvgIpc) is 2.89. The van der Waals surface area contributed by atoms with Crippen LogP contribution in [-0.2, 0) is 9.47 Å². The molecule has 1 aliphatic rings. The van der Waals surface area contributed by atoms with Crippen LogP contribution in [0.4, 0.5) is 0 Å². The topological polar surface area (TPSA) is 68.6 Å². The molecule has 3 heterocycles. The summed E-state index contributed by atoms with van der Waals surface area (Å²) in [5, 5.41) is 4.24. The van der Waals surface area contributed by atoms with E-state index < -0.39 is 6.29 Å². The molecule has 6 heteroatoms. The number of aromatic amines is 1. The lowest BCUT2D eigenvalue weighted by molar-refractivity contribution is -0.384. The van der Waals surface area contributed by atoms with Crippen molar-refractivity contribution in [3.05, 3.63) is 58.0 Å². The second kappa shape index (κ2) is 4.79. The Morgan fingerprint density at radius 2 is 1.91 bits per heavy atom. The van der Waals surface area contributed by atoms with Crippen molar-refractivity contribution in [2.75, 3.05) is 0 Å². The molecule has 0 unspecified atom stereocenters. The first kappa shape index (κ1) is 13.2. The molecule has 4 rings (SSSR count).